The van der Waals surface area contributed by atoms with E-state index in [4.69, 9.17) is 20.0 Å². The molecule has 1 amide bonds. The van der Waals surface area contributed by atoms with Gasteiger partial charge in [-0.3, -0.25) is 14.4 Å². The predicted octanol–water partition coefficient (Wildman–Crippen LogP) is 8.69. The van der Waals surface area contributed by atoms with E-state index in [9.17, 15) is 19.6 Å². The molecule has 54 heavy (non-hydrogen) atoms. The Hall–Kier alpha value is -6.06. The number of benzene rings is 2. The first-order valence-electron chi connectivity index (χ1n) is 18.6. The lowest BCUT2D eigenvalue weighted by atomic mass is 10.00. The van der Waals surface area contributed by atoms with Crippen molar-refractivity contribution in [1.29, 1.82) is 15.8 Å². The lowest BCUT2D eigenvalue weighted by Gasteiger charge is -2.25. The number of nitrogens with zero attached hydrogens (tertiary/aromatic N) is 6. The highest BCUT2D eigenvalue weighted by molar-refractivity contribution is 6.05. The molecule has 0 radical (unpaired) electrons. The van der Waals surface area contributed by atoms with Crippen molar-refractivity contribution in [2.45, 2.75) is 79.1 Å². The van der Waals surface area contributed by atoms with Gasteiger partial charge in [-0.1, -0.05) is 71.6 Å². The molecule has 1 heterocycles. The number of anilines is 1. The molecule has 12 nitrogen and oxygen atoms in total. The number of nitrogens with one attached hydrogen (secondary N) is 1. The minimum Gasteiger partial charge on any atom is -0.464 e. The van der Waals surface area contributed by atoms with Crippen LogP contribution in [0.1, 0.15) is 84.6 Å². The van der Waals surface area contributed by atoms with E-state index in [1.807, 2.05) is 49.1 Å². The Morgan fingerprint density at radius 3 is 1.72 bits per heavy atom. The second-order valence-electron chi connectivity index (χ2n) is 12.8. The molecule has 12 heteroatoms. The van der Waals surface area contributed by atoms with Crippen molar-refractivity contribution in [2.75, 3.05) is 31.2 Å². The van der Waals surface area contributed by atoms with Crippen LogP contribution in [0.4, 0.5) is 17.1 Å². The zero-order valence-corrected chi connectivity index (χ0v) is 31.6. The van der Waals surface area contributed by atoms with Crippen LogP contribution >= 0.6 is 0 Å². The molecule has 282 valence electrons. The van der Waals surface area contributed by atoms with Crippen molar-refractivity contribution >= 4 is 41.0 Å². The van der Waals surface area contributed by atoms with Crippen LogP contribution in [-0.2, 0) is 23.9 Å². The average Bonchev–Trinajstić information content (AvgIpc) is 3.51. The molecule has 2 aromatic rings. The van der Waals surface area contributed by atoms with Gasteiger partial charge in [0.25, 0.3) is 5.91 Å². The fourth-order valence-electron chi connectivity index (χ4n) is 5.77. The highest BCUT2D eigenvalue weighted by Crippen LogP contribution is 2.26. The van der Waals surface area contributed by atoms with E-state index in [2.05, 4.69) is 29.4 Å². The number of esters is 2. The van der Waals surface area contributed by atoms with Gasteiger partial charge in [0.05, 0.1) is 53.1 Å². The molecule has 0 saturated heterocycles. The molecule has 3 rings (SSSR count). The van der Waals surface area contributed by atoms with Crippen LogP contribution in [0.2, 0.25) is 0 Å². The molecule has 1 aliphatic heterocycles. The Labute approximate surface area is 318 Å². The topological polar surface area (TPSA) is 181 Å². The molecule has 2 unspecified atom stereocenters. The maximum absolute atomic E-state index is 12.7. The largest absolute Gasteiger partial charge is 0.464 e. The Morgan fingerprint density at radius 1 is 0.778 bits per heavy atom. The number of nitriles is 3. The van der Waals surface area contributed by atoms with E-state index >= 15 is 0 Å². The average molecular weight is 732 g/mol. The number of carbonyl (C=O) groups excluding carboxylic acids is 3. The second kappa shape index (κ2) is 22.8. The van der Waals surface area contributed by atoms with Crippen LogP contribution < -0.4 is 10.2 Å². The van der Waals surface area contributed by atoms with Gasteiger partial charge in [-0.25, -0.2) is 0 Å². The van der Waals surface area contributed by atoms with E-state index < -0.39 is 5.91 Å². The summed E-state index contributed by atoms with van der Waals surface area (Å²) in [5.41, 5.74) is 2.35. The third-order valence-electron chi connectivity index (χ3n) is 9.09. The number of ether oxygens (including phenoxy) is 2. The number of carbonyl (C=O) groups is 3. The summed E-state index contributed by atoms with van der Waals surface area (Å²) in [6.45, 7) is 9.50. The van der Waals surface area contributed by atoms with Crippen molar-refractivity contribution < 1.29 is 23.9 Å². The Balaban J connectivity index is 1.68. The lowest BCUT2D eigenvalue weighted by molar-refractivity contribution is -0.149. The third kappa shape index (κ3) is 12.6. The molecule has 0 saturated carbocycles. The summed E-state index contributed by atoms with van der Waals surface area (Å²) >= 11 is 0. The summed E-state index contributed by atoms with van der Waals surface area (Å²) in [5.74, 6) is -1.14. The number of amides is 1. The van der Waals surface area contributed by atoms with Gasteiger partial charge in [0.1, 0.15) is 31.4 Å². The number of hydrogen-bond acceptors (Lipinski definition) is 11. The summed E-state index contributed by atoms with van der Waals surface area (Å²) in [6.07, 6.45) is 10.2. The van der Waals surface area contributed by atoms with Crippen LogP contribution in [0, 0.1) is 45.8 Å². The Morgan fingerprint density at radius 2 is 1.28 bits per heavy atom. The molecular formula is C42H49N7O5. The number of hydrogen-bond donors (Lipinski definition) is 1. The normalized spacial score (nSPS) is 13.6. The van der Waals surface area contributed by atoms with Gasteiger partial charge in [0, 0.05) is 5.69 Å². The van der Waals surface area contributed by atoms with Gasteiger partial charge < -0.3 is 19.7 Å². The molecule has 0 fully saturated rings. The van der Waals surface area contributed by atoms with E-state index in [1.54, 1.807) is 42.5 Å². The molecule has 0 bridgehead atoms. The van der Waals surface area contributed by atoms with Gasteiger partial charge in [0.2, 0.25) is 0 Å². The Kier molecular flexibility index (Phi) is 17.9. The van der Waals surface area contributed by atoms with Crippen LogP contribution in [-0.4, -0.2) is 44.1 Å². The smallest absolute Gasteiger partial charge is 0.308 e. The fraction of sp³-hybridized carbons (Fsp3) is 0.429. The number of allylic oxidation sites excluding steroid dienone is 2. The Bertz CT molecular complexity index is 1790. The summed E-state index contributed by atoms with van der Waals surface area (Å²) in [5, 5.41) is 39.0. The molecule has 0 aromatic heterocycles. The van der Waals surface area contributed by atoms with Gasteiger partial charge >= 0.3 is 11.9 Å². The van der Waals surface area contributed by atoms with Crippen LogP contribution in [0.25, 0.3) is 6.08 Å². The monoisotopic (exact) mass is 731 g/mol. The highest BCUT2D eigenvalue weighted by Gasteiger charge is 2.28. The first-order chi connectivity index (χ1) is 26.2. The van der Waals surface area contributed by atoms with Crippen molar-refractivity contribution in [3.05, 3.63) is 82.6 Å². The molecule has 1 N–H and O–H groups in total. The summed E-state index contributed by atoms with van der Waals surface area (Å²) in [4.78, 5) is 39.9. The first-order valence-corrected chi connectivity index (χ1v) is 18.6. The molecule has 1 aliphatic rings. The van der Waals surface area contributed by atoms with Crippen LogP contribution in [0.3, 0.4) is 0 Å². The number of rotatable bonds is 21. The van der Waals surface area contributed by atoms with Crippen molar-refractivity contribution in [2.24, 2.45) is 22.1 Å². The first kappa shape index (κ1) is 42.4. The standard InChI is InChI=1S/C42H49N7O5/c1-5-9-11-31(7-3)41(51)53-25-23-49(24-26-54-42(52)32(8-4)12-10-6-2)36-20-18-35(19-21-36)48-47-34-16-13-30(14-17-34)15-22-37-38(29-45)39(46-40(37)50)33(27-43)28-44/h13-22,31-32H,5-12,23-26H2,1-4H3,(H,46,50)/b22-15+,48-47?. The van der Waals surface area contributed by atoms with Gasteiger partial charge in [-0.05, 0) is 73.7 Å². The molecular weight excluding hydrogens is 683 g/mol. The second-order valence-corrected chi connectivity index (χ2v) is 12.8. The van der Waals surface area contributed by atoms with Crippen molar-refractivity contribution in [3.8, 4) is 18.2 Å². The lowest BCUT2D eigenvalue weighted by Crippen LogP contribution is -2.33. The number of unbranched alkanes of at least 4 members (excludes halogenated alkanes) is 2. The maximum atomic E-state index is 12.7. The zero-order chi connectivity index (χ0) is 39.3. The van der Waals surface area contributed by atoms with Crippen LogP contribution in [0.5, 0.6) is 0 Å². The number of azo groups is 1. The minimum absolute atomic E-state index is 0.0587. The summed E-state index contributed by atoms with van der Waals surface area (Å²) in [6, 6.07) is 19.8. The zero-order valence-electron chi connectivity index (χ0n) is 31.6. The van der Waals surface area contributed by atoms with E-state index in [0.29, 0.717) is 24.5 Å². The summed E-state index contributed by atoms with van der Waals surface area (Å²) in [7, 11) is 0. The summed E-state index contributed by atoms with van der Waals surface area (Å²) < 4.78 is 11.4. The molecule has 0 aliphatic carbocycles. The van der Waals surface area contributed by atoms with Crippen LogP contribution in [0.15, 0.2) is 87.3 Å². The molecule has 2 atom stereocenters. The minimum atomic E-state index is -0.571. The molecule has 0 spiro atoms. The SMILES string of the molecule is CCCCC(CC)C(=O)OCCN(CCOC(=O)C(CC)CCCC)c1ccc(N=Nc2ccc(/C=C/C3=C(C#N)C(=C(C#N)C#N)NC3=O)cc2)cc1. The van der Waals surface area contributed by atoms with E-state index in [1.165, 1.54) is 6.08 Å². The van der Waals surface area contributed by atoms with E-state index in [-0.39, 0.29) is 59.4 Å². The predicted molar refractivity (Wildman–Crippen MR) is 206 cm³/mol. The van der Waals surface area contributed by atoms with Gasteiger partial charge in [-0.2, -0.15) is 26.0 Å². The van der Waals surface area contributed by atoms with Crippen molar-refractivity contribution in [1.82, 2.24) is 5.32 Å². The molecule has 2 aromatic carbocycles. The maximum Gasteiger partial charge on any atom is 0.308 e. The quantitative estimate of drug-likeness (QED) is 0.0746. The van der Waals surface area contributed by atoms with E-state index in [0.717, 1.165) is 62.6 Å². The van der Waals surface area contributed by atoms with Gasteiger partial charge in [0.15, 0.2) is 5.57 Å². The highest BCUT2D eigenvalue weighted by atomic mass is 16.5. The van der Waals surface area contributed by atoms with Crippen molar-refractivity contribution in [3.63, 3.8) is 0 Å². The van der Waals surface area contributed by atoms with Gasteiger partial charge in [-0.15, -0.1) is 0 Å². The fourth-order valence-corrected chi connectivity index (χ4v) is 5.77. The third-order valence-corrected chi connectivity index (χ3v) is 9.09.